The zero-order valence-electron chi connectivity index (χ0n) is 9.72. The molecule has 0 unspecified atom stereocenters. The first-order valence-electron chi connectivity index (χ1n) is 5.10. The molecule has 0 aromatic carbocycles. The summed E-state index contributed by atoms with van der Waals surface area (Å²) in [6.45, 7) is 8.29. The Morgan fingerprint density at radius 1 is 1.08 bits per heavy atom. The van der Waals surface area contributed by atoms with Crippen LogP contribution in [0.15, 0.2) is 0 Å². The zero-order valence-corrected chi connectivity index (χ0v) is 9.72. The Bertz CT molecular complexity index is 104. The fourth-order valence-corrected chi connectivity index (χ4v) is 1.88. The molecule has 0 aliphatic rings. The highest BCUT2D eigenvalue weighted by atomic mass is 16.5. The number of hydrogen-bond acceptors (Lipinski definition) is 2. The molecule has 0 rings (SSSR count). The van der Waals surface area contributed by atoms with Gasteiger partial charge in [-0.3, -0.25) is 0 Å². The van der Waals surface area contributed by atoms with Crippen LogP contribution < -0.4 is 0 Å². The van der Waals surface area contributed by atoms with Gasteiger partial charge in [0, 0.05) is 19.6 Å². The third kappa shape index (κ3) is 3.65. The molecule has 0 aliphatic heterocycles. The molecule has 2 heteroatoms. The quantitative estimate of drug-likeness (QED) is 0.611. The van der Waals surface area contributed by atoms with Crippen molar-refractivity contribution in [3.63, 3.8) is 0 Å². The van der Waals surface area contributed by atoms with Gasteiger partial charge in [-0.15, -0.1) is 0 Å². The smallest absolute Gasteiger partial charge is 0.0543 e. The van der Waals surface area contributed by atoms with Gasteiger partial charge < -0.3 is 9.47 Å². The highest BCUT2D eigenvalue weighted by molar-refractivity contribution is 4.81. The van der Waals surface area contributed by atoms with Crippen molar-refractivity contribution < 1.29 is 9.47 Å². The molecule has 0 atom stereocenters. The summed E-state index contributed by atoms with van der Waals surface area (Å²) in [5, 5.41) is 0. The monoisotopic (exact) mass is 188 g/mol. The molecule has 0 radical (unpaired) electrons. The van der Waals surface area contributed by atoms with Gasteiger partial charge in [0.25, 0.3) is 0 Å². The molecule has 13 heavy (non-hydrogen) atoms. The van der Waals surface area contributed by atoms with E-state index in [-0.39, 0.29) is 5.41 Å². The van der Waals surface area contributed by atoms with Crippen LogP contribution in [0.4, 0.5) is 0 Å². The average Bonchev–Trinajstić information content (AvgIpc) is 2.05. The van der Waals surface area contributed by atoms with Crippen molar-refractivity contribution in [3.8, 4) is 0 Å². The summed E-state index contributed by atoms with van der Waals surface area (Å²) < 4.78 is 10.6. The molecule has 0 amide bonds. The second kappa shape index (κ2) is 6.39. The van der Waals surface area contributed by atoms with E-state index in [0.717, 1.165) is 13.2 Å². The molecule has 0 fully saturated rings. The molecule has 0 spiro atoms. The van der Waals surface area contributed by atoms with Gasteiger partial charge in [-0.05, 0) is 12.3 Å². The molecule has 2 nitrogen and oxygen atoms in total. The van der Waals surface area contributed by atoms with Crippen molar-refractivity contribution in [3.05, 3.63) is 0 Å². The maximum Gasteiger partial charge on any atom is 0.0543 e. The van der Waals surface area contributed by atoms with Crippen LogP contribution in [0.5, 0.6) is 0 Å². The molecular weight excluding hydrogens is 164 g/mol. The Balaban J connectivity index is 4.38. The lowest BCUT2D eigenvalue weighted by Gasteiger charge is -2.36. The molecule has 0 heterocycles. The highest BCUT2D eigenvalue weighted by Crippen LogP contribution is 2.33. The first-order valence-corrected chi connectivity index (χ1v) is 5.10. The summed E-state index contributed by atoms with van der Waals surface area (Å²) >= 11 is 0. The van der Waals surface area contributed by atoms with Crippen LogP contribution >= 0.6 is 0 Å². The van der Waals surface area contributed by atoms with Gasteiger partial charge in [0.2, 0.25) is 0 Å². The molecule has 0 aromatic rings. The minimum absolute atomic E-state index is 0.207. The molecule has 80 valence electrons. The van der Waals surface area contributed by atoms with E-state index in [1.54, 1.807) is 14.2 Å². The van der Waals surface area contributed by atoms with E-state index >= 15 is 0 Å². The van der Waals surface area contributed by atoms with E-state index in [2.05, 4.69) is 20.8 Å². The third-order valence-corrected chi connectivity index (χ3v) is 2.84. The lowest BCUT2D eigenvalue weighted by molar-refractivity contribution is -0.0265. The van der Waals surface area contributed by atoms with Crippen LogP contribution in [0, 0.1) is 11.3 Å². The number of rotatable bonds is 7. The lowest BCUT2D eigenvalue weighted by Crippen LogP contribution is -2.36. The lowest BCUT2D eigenvalue weighted by atomic mass is 9.75. The normalized spacial score (nSPS) is 12.5. The van der Waals surface area contributed by atoms with Crippen LogP contribution in [0.2, 0.25) is 0 Å². The predicted octanol–water partition coefficient (Wildman–Crippen LogP) is 2.72. The summed E-state index contributed by atoms with van der Waals surface area (Å²) in [5.74, 6) is 0.604. The van der Waals surface area contributed by atoms with Crippen molar-refractivity contribution in [1.82, 2.24) is 0 Å². The van der Waals surface area contributed by atoms with E-state index < -0.39 is 0 Å². The van der Waals surface area contributed by atoms with Crippen LogP contribution in [0.25, 0.3) is 0 Å². The van der Waals surface area contributed by atoms with Crippen molar-refractivity contribution in [1.29, 1.82) is 0 Å². The van der Waals surface area contributed by atoms with Crippen LogP contribution in [-0.2, 0) is 9.47 Å². The van der Waals surface area contributed by atoms with Gasteiger partial charge in [-0.1, -0.05) is 27.2 Å². The van der Waals surface area contributed by atoms with Crippen LogP contribution in [0.1, 0.15) is 33.6 Å². The largest absolute Gasteiger partial charge is 0.384 e. The Kier molecular flexibility index (Phi) is 6.35. The minimum Gasteiger partial charge on any atom is -0.384 e. The SMILES string of the molecule is CCCC(COC)(COC)C(C)C. The van der Waals surface area contributed by atoms with E-state index in [9.17, 15) is 0 Å². The van der Waals surface area contributed by atoms with E-state index in [1.807, 2.05) is 0 Å². The molecular formula is C11H24O2. The van der Waals surface area contributed by atoms with Crippen molar-refractivity contribution in [2.24, 2.45) is 11.3 Å². The molecule has 0 bridgehead atoms. The number of hydrogen-bond donors (Lipinski definition) is 0. The molecule has 0 aromatic heterocycles. The summed E-state index contributed by atoms with van der Waals surface area (Å²) in [6.07, 6.45) is 2.36. The molecule has 0 aliphatic carbocycles. The van der Waals surface area contributed by atoms with Crippen molar-refractivity contribution >= 4 is 0 Å². The Labute approximate surface area is 82.6 Å². The van der Waals surface area contributed by atoms with Crippen molar-refractivity contribution in [2.75, 3.05) is 27.4 Å². The third-order valence-electron chi connectivity index (χ3n) is 2.84. The summed E-state index contributed by atoms with van der Waals surface area (Å²) in [4.78, 5) is 0. The Morgan fingerprint density at radius 3 is 1.77 bits per heavy atom. The predicted molar refractivity (Wildman–Crippen MR) is 55.9 cm³/mol. The maximum absolute atomic E-state index is 5.29. The van der Waals surface area contributed by atoms with Gasteiger partial charge in [0.15, 0.2) is 0 Å². The van der Waals surface area contributed by atoms with Gasteiger partial charge in [0.1, 0.15) is 0 Å². The first-order chi connectivity index (χ1) is 6.13. The summed E-state index contributed by atoms with van der Waals surface area (Å²) in [6, 6.07) is 0. The average molecular weight is 188 g/mol. The number of ether oxygens (including phenoxy) is 2. The second-order valence-electron chi connectivity index (χ2n) is 4.13. The van der Waals surface area contributed by atoms with E-state index in [1.165, 1.54) is 12.8 Å². The first kappa shape index (κ1) is 12.9. The molecule has 0 saturated carbocycles. The van der Waals surface area contributed by atoms with Gasteiger partial charge in [0.05, 0.1) is 13.2 Å². The summed E-state index contributed by atoms with van der Waals surface area (Å²) in [7, 11) is 3.53. The molecule has 0 saturated heterocycles. The van der Waals surface area contributed by atoms with Crippen LogP contribution in [-0.4, -0.2) is 27.4 Å². The van der Waals surface area contributed by atoms with Gasteiger partial charge in [-0.2, -0.15) is 0 Å². The van der Waals surface area contributed by atoms with Crippen LogP contribution in [0.3, 0.4) is 0 Å². The minimum atomic E-state index is 0.207. The molecule has 0 N–H and O–H groups in total. The summed E-state index contributed by atoms with van der Waals surface area (Å²) in [5.41, 5.74) is 0.207. The zero-order chi connectivity index (χ0) is 10.3. The fourth-order valence-electron chi connectivity index (χ4n) is 1.88. The standard InChI is InChI=1S/C11H24O2/c1-6-7-11(8-12-4,9-13-5)10(2)3/h10H,6-9H2,1-5H3. The van der Waals surface area contributed by atoms with Gasteiger partial charge >= 0.3 is 0 Å². The number of methoxy groups -OCH3 is 2. The second-order valence-corrected chi connectivity index (χ2v) is 4.13. The Hall–Kier alpha value is -0.0800. The maximum atomic E-state index is 5.29. The van der Waals surface area contributed by atoms with E-state index in [4.69, 9.17) is 9.47 Å². The van der Waals surface area contributed by atoms with E-state index in [0.29, 0.717) is 5.92 Å². The Morgan fingerprint density at radius 2 is 1.54 bits per heavy atom. The highest BCUT2D eigenvalue weighted by Gasteiger charge is 2.32. The fraction of sp³-hybridized carbons (Fsp3) is 1.00. The topological polar surface area (TPSA) is 18.5 Å². The van der Waals surface area contributed by atoms with Gasteiger partial charge in [-0.25, -0.2) is 0 Å². The van der Waals surface area contributed by atoms with Crippen molar-refractivity contribution in [2.45, 2.75) is 33.6 Å².